The summed E-state index contributed by atoms with van der Waals surface area (Å²) in [5.41, 5.74) is 0. The molecule has 1 aliphatic heterocycles. The van der Waals surface area contributed by atoms with Gasteiger partial charge in [0.05, 0.1) is 12.5 Å². The Morgan fingerprint density at radius 1 is 1.14 bits per heavy atom. The number of likely N-dealkylation sites (tertiary alicyclic amines) is 1. The van der Waals surface area contributed by atoms with Crippen LogP contribution in [0.15, 0.2) is 0 Å². The molecule has 2 aliphatic rings. The van der Waals surface area contributed by atoms with Crippen molar-refractivity contribution in [3.05, 3.63) is 0 Å². The monoisotopic (exact) mass is 294 g/mol. The third kappa shape index (κ3) is 4.53. The zero-order valence-corrected chi connectivity index (χ0v) is 13.6. The average Bonchev–Trinajstić information content (AvgIpc) is 2.74. The van der Waals surface area contributed by atoms with Crippen molar-refractivity contribution >= 4 is 11.8 Å². The molecule has 2 amide bonds. The molecule has 1 unspecified atom stereocenters. The van der Waals surface area contributed by atoms with E-state index in [1.165, 1.54) is 19.3 Å². The van der Waals surface area contributed by atoms with Gasteiger partial charge in [0.1, 0.15) is 0 Å². The van der Waals surface area contributed by atoms with E-state index in [9.17, 15) is 9.59 Å². The summed E-state index contributed by atoms with van der Waals surface area (Å²) < 4.78 is 0. The highest BCUT2D eigenvalue weighted by atomic mass is 16.2. The van der Waals surface area contributed by atoms with E-state index < -0.39 is 0 Å². The van der Waals surface area contributed by atoms with Gasteiger partial charge in [-0.1, -0.05) is 46.0 Å². The van der Waals surface area contributed by atoms with Crippen LogP contribution >= 0.6 is 0 Å². The van der Waals surface area contributed by atoms with Crippen molar-refractivity contribution in [1.29, 1.82) is 0 Å². The molecule has 1 heterocycles. The van der Waals surface area contributed by atoms with E-state index >= 15 is 0 Å². The quantitative estimate of drug-likeness (QED) is 0.580. The zero-order valence-electron chi connectivity index (χ0n) is 13.6. The number of hydrogen-bond donors (Lipinski definition) is 1. The van der Waals surface area contributed by atoms with Crippen molar-refractivity contribution in [3.8, 4) is 0 Å². The van der Waals surface area contributed by atoms with Crippen molar-refractivity contribution in [3.63, 3.8) is 0 Å². The van der Waals surface area contributed by atoms with Gasteiger partial charge in [-0.15, -0.1) is 0 Å². The number of unbranched alkanes of at least 4 members (excludes halogenated alkanes) is 1. The van der Waals surface area contributed by atoms with E-state index in [0.29, 0.717) is 6.42 Å². The van der Waals surface area contributed by atoms with Crippen LogP contribution in [0.25, 0.3) is 0 Å². The summed E-state index contributed by atoms with van der Waals surface area (Å²) in [4.78, 5) is 26.1. The first-order chi connectivity index (χ1) is 10.1. The molecule has 1 saturated heterocycles. The van der Waals surface area contributed by atoms with Gasteiger partial charge in [0.15, 0.2) is 0 Å². The van der Waals surface area contributed by atoms with Crippen LogP contribution in [0, 0.1) is 5.92 Å². The normalized spacial score (nSPS) is 24.3. The molecule has 0 aromatic heterocycles. The van der Waals surface area contributed by atoms with Crippen LogP contribution in [-0.4, -0.2) is 35.3 Å². The predicted molar refractivity (Wildman–Crippen MR) is 83.8 cm³/mol. The summed E-state index contributed by atoms with van der Waals surface area (Å²) >= 11 is 0. The van der Waals surface area contributed by atoms with Gasteiger partial charge < -0.3 is 5.32 Å². The lowest BCUT2D eigenvalue weighted by Crippen LogP contribution is -2.44. The summed E-state index contributed by atoms with van der Waals surface area (Å²) in [7, 11) is 0. The molecular weight excluding hydrogens is 264 g/mol. The summed E-state index contributed by atoms with van der Waals surface area (Å²) in [5.74, 6) is 0.795. The molecular formula is C17H30N2O2. The van der Waals surface area contributed by atoms with E-state index in [4.69, 9.17) is 0 Å². The number of carbonyl (C=O) groups is 2. The molecule has 1 saturated carbocycles. The Bertz CT molecular complexity index is 362. The largest absolute Gasteiger partial charge is 0.305 e. The maximum atomic E-state index is 12.4. The number of nitrogens with zero attached hydrogens (tertiary/aromatic N) is 1. The Morgan fingerprint density at radius 3 is 2.52 bits per heavy atom. The van der Waals surface area contributed by atoms with Gasteiger partial charge >= 0.3 is 0 Å². The van der Waals surface area contributed by atoms with Crippen LogP contribution in [0.4, 0.5) is 0 Å². The SMILES string of the molecule is CC(C)CCCCNC1CC(=O)N(C2CCCCC2)C1=O. The molecule has 0 aromatic rings. The zero-order chi connectivity index (χ0) is 15.2. The first-order valence-corrected chi connectivity index (χ1v) is 8.69. The van der Waals surface area contributed by atoms with E-state index in [1.54, 1.807) is 4.90 Å². The lowest BCUT2D eigenvalue weighted by molar-refractivity contribution is -0.142. The van der Waals surface area contributed by atoms with Crippen molar-refractivity contribution in [2.45, 2.75) is 83.7 Å². The third-order valence-corrected chi connectivity index (χ3v) is 4.72. The van der Waals surface area contributed by atoms with Crippen LogP contribution in [0.2, 0.25) is 0 Å². The van der Waals surface area contributed by atoms with Crippen molar-refractivity contribution in [1.82, 2.24) is 10.2 Å². The summed E-state index contributed by atoms with van der Waals surface area (Å²) in [6.07, 6.45) is 9.39. The molecule has 0 aromatic carbocycles. The van der Waals surface area contributed by atoms with Crippen LogP contribution in [0.3, 0.4) is 0 Å². The fraction of sp³-hybridized carbons (Fsp3) is 0.882. The minimum atomic E-state index is -0.265. The fourth-order valence-corrected chi connectivity index (χ4v) is 3.49. The van der Waals surface area contributed by atoms with Gasteiger partial charge in [-0.05, 0) is 31.7 Å². The molecule has 1 aliphatic carbocycles. The minimum Gasteiger partial charge on any atom is -0.305 e. The van der Waals surface area contributed by atoms with Crippen LogP contribution < -0.4 is 5.32 Å². The molecule has 120 valence electrons. The van der Waals surface area contributed by atoms with E-state index in [0.717, 1.165) is 44.6 Å². The first kappa shape index (κ1) is 16.5. The lowest BCUT2D eigenvalue weighted by Gasteiger charge is -2.29. The number of imide groups is 1. The van der Waals surface area contributed by atoms with Gasteiger partial charge in [-0.3, -0.25) is 14.5 Å². The van der Waals surface area contributed by atoms with Crippen LogP contribution in [0.1, 0.15) is 71.6 Å². The maximum absolute atomic E-state index is 12.4. The third-order valence-electron chi connectivity index (χ3n) is 4.72. The molecule has 2 fully saturated rings. The van der Waals surface area contributed by atoms with Crippen molar-refractivity contribution in [2.24, 2.45) is 5.92 Å². The second kappa shape index (κ2) is 7.92. The second-order valence-electron chi connectivity index (χ2n) is 6.99. The van der Waals surface area contributed by atoms with E-state index in [2.05, 4.69) is 19.2 Å². The Hall–Kier alpha value is -0.900. The van der Waals surface area contributed by atoms with Gasteiger partial charge in [0.25, 0.3) is 0 Å². The number of rotatable bonds is 7. The Balaban J connectivity index is 1.75. The van der Waals surface area contributed by atoms with Gasteiger partial charge in [-0.2, -0.15) is 0 Å². The summed E-state index contributed by atoms with van der Waals surface area (Å²) in [6.45, 7) is 5.30. The highest BCUT2D eigenvalue weighted by Gasteiger charge is 2.42. The molecule has 4 nitrogen and oxygen atoms in total. The Labute approximate surface area is 128 Å². The van der Waals surface area contributed by atoms with Gasteiger partial charge in [-0.25, -0.2) is 0 Å². The molecule has 1 N–H and O–H groups in total. The highest BCUT2D eigenvalue weighted by molar-refractivity contribution is 6.05. The number of nitrogens with one attached hydrogen (secondary N) is 1. The predicted octanol–water partition coefficient (Wildman–Crippen LogP) is 2.86. The van der Waals surface area contributed by atoms with Gasteiger partial charge in [0.2, 0.25) is 11.8 Å². The summed E-state index contributed by atoms with van der Waals surface area (Å²) in [5, 5.41) is 3.29. The van der Waals surface area contributed by atoms with Gasteiger partial charge in [0, 0.05) is 6.04 Å². The highest BCUT2D eigenvalue weighted by Crippen LogP contribution is 2.27. The summed E-state index contributed by atoms with van der Waals surface area (Å²) in [6, 6.07) is -0.0926. The smallest absolute Gasteiger partial charge is 0.247 e. The van der Waals surface area contributed by atoms with Crippen LogP contribution in [0.5, 0.6) is 0 Å². The molecule has 1 atom stereocenters. The molecule has 2 rings (SSSR count). The number of hydrogen-bond acceptors (Lipinski definition) is 3. The molecule has 21 heavy (non-hydrogen) atoms. The van der Waals surface area contributed by atoms with E-state index in [-0.39, 0.29) is 23.9 Å². The number of carbonyl (C=O) groups excluding carboxylic acids is 2. The maximum Gasteiger partial charge on any atom is 0.247 e. The standard InChI is InChI=1S/C17H30N2O2/c1-13(2)8-6-7-11-18-15-12-16(20)19(17(15)21)14-9-4-3-5-10-14/h13-15,18H,3-12H2,1-2H3. The lowest BCUT2D eigenvalue weighted by atomic mass is 9.94. The average molecular weight is 294 g/mol. The minimum absolute atomic E-state index is 0.0239. The first-order valence-electron chi connectivity index (χ1n) is 8.69. The molecule has 0 radical (unpaired) electrons. The van der Waals surface area contributed by atoms with Crippen molar-refractivity contribution in [2.75, 3.05) is 6.54 Å². The topological polar surface area (TPSA) is 49.4 Å². The Morgan fingerprint density at radius 2 is 1.86 bits per heavy atom. The molecule has 0 bridgehead atoms. The van der Waals surface area contributed by atoms with Crippen LogP contribution in [-0.2, 0) is 9.59 Å². The van der Waals surface area contributed by atoms with Crippen molar-refractivity contribution < 1.29 is 9.59 Å². The van der Waals surface area contributed by atoms with E-state index in [1.807, 2.05) is 0 Å². The second-order valence-corrected chi connectivity index (χ2v) is 6.99. The molecule has 0 spiro atoms. The molecule has 4 heteroatoms. The fourth-order valence-electron chi connectivity index (χ4n) is 3.49. The Kier molecular flexibility index (Phi) is 6.22. The number of amides is 2.